The van der Waals surface area contributed by atoms with E-state index < -0.39 is 11.8 Å². The molecule has 0 unspecified atom stereocenters. The van der Waals surface area contributed by atoms with Gasteiger partial charge in [0.25, 0.3) is 11.8 Å². The van der Waals surface area contributed by atoms with E-state index >= 15 is 0 Å². The summed E-state index contributed by atoms with van der Waals surface area (Å²) in [5.41, 5.74) is 3.00. The number of thiocarbonyl (C=S) groups is 1. The molecule has 0 spiro atoms. The molecule has 3 rings (SSSR count). The second-order valence-corrected chi connectivity index (χ2v) is 5.84. The van der Waals surface area contributed by atoms with Crippen LogP contribution in [0.25, 0.3) is 6.08 Å². The summed E-state index contributed by atoms with van der Waals surface area (Å²) in [7, 11) is 0. The topological polar surface area (TPSA) is 70.7 Å². The number of benzene rings is 1. The molecular formula is C16H17N3O3S. The first kappa shape index (κ1) is 15.6. The first-order chi connectivity index (χ1) is 11.0. The standard InChI is InChI=1S/C16H17N3O3S/c1-10-8-12(19-4-6-22-7-5-19)3-2-11(10)9-13-14(20)17-16(23)18-15(13)21/h2-3,8-9H,4-7H2,1H3,(H2,17,18,20,21,23). The average molecular weight is 331 g/mol. The molecule has 0 bridgehead atoms. The molecule has 0 radical (unpaired) electrons. The number of hydrogen-bond donors (Lipinski definition) is 2. The van der Waals surface area contributed by atoms with Crippen LogP contribution in [0, 0.1) is 6.92 Å². The number of rotatable bonds is 2. The summed E-state index contributed by atoms with van der Waals surface area (Å²) in [6, 6.07) is 5.97. The van der Waals surface area contributed by atoms with Crippen molar-refractivity contribution in [2.45, 2.75) is 6.92 Å². The molecule has 2 aliphatic rings. The largest absolute Gasteiger partial charge is 0.378 e. The molecular weight excluding hydrogens is 314 g/mol. The van der Waals surface area contributed by atoms with Gasteiger partial charge in [-0.3, -0.25) is 20.2 Å². The van der Waals surface area contributed by atoms with Gasteiger partial charge in [0.05, 0.1) is 13.2 Å². The van der Waals surface area contributed by atoms with Crippen molar-refractivity contribution in [1.82, 2.24) is 10.6 Å². The molecule has 2 amide bonds. The van der Waals surface area contributed by atoms with Gasteiger partial charge in [-0.2, -0.15) is 0 Å². The Morgan fingerprint density at radius 3 is 2.43 bits per heavy atom. The van der Waals surface area contributed by atoms with E-state index in [2.05, 4.69) is 21.6 Å². The van der Waals surface area contributed by atoms with Crippen molar-refractivity contribution < 1.29 is 14.3 Å². The van der Waals surface area contributed by atoms with Crippen LogP contribution in [0.5, 0.6) is 0 Å². The summed E-state index contributed by atoms with van der Waals surface area (Å²) in [6.07, 6.45) is 1.59. The Balaban J connectivity index is 1.86. The Hall–Kier alpha value is -2.25. The summed E-state index contributed by atoms with van der Waals surface area (Å²) >= 11 is 4.79. The Morgan fingerprint density at radius 2 is 1.83 bits per heavy atom. The van der Waals surface area contributed by atoms with Gasteiger partial charge in [0, 0.05) is 18.8 Å². The van der Waals surface area contributed by atoms with E-state index in [0.717, 1.165) is 43.1 Å². The lowest BCUT2D eigenvalue weighted by Crippen LogP contribution is -2.51. The normalized spacial score (nSPS) is 18.6. The molecule has 0 saturated carbocycles. The summed E-state index contributed by atoms with van der Waals surface area (Å²) in [6.45, 7) is 5.14. The lowest BCUT2D eigenvalue weighted by Gasteiger charge is -2.29. The summed E-state index contributed by atoms with van der Waals surface area (Å²) < 4.78 is 5.36. The quantitative estimate of drug-likeness (QED) is 0.475. The van der Waals surface area contributed by atoms with E-state index in [-0.39, 0.29) is 10.7 Å². The monoisotopic (exact) mass is 331 g/mol. The SMILES string of the molecule is Cc1cc(N2CCOCC2)ccc1C=C1C(=O)NC(=S)NC1=O. The van der Waals surface area contributed by atoms with Crippen molar-refractivity contribution in [3.8, 4) is 0 Å². The Labute approximate surface area is 139 Å². The van der Waals surface area contributed by atoms with Crippen molar-refractivity contribution >= 4 is 40.9 Å². The molecule has 23 heavy (non-hydrogen) atoms. The van der Waals surface area contributed by atoms with E-state index in [1.54, 1.807) is 6.08 Å². The minimum atomic E-state index is -0.476. The third-order valence-corrected chi connectivity index (χ3v) is 4.08. The highest BCUT2D eigenvalue weighted by molar-refractivity contribution is 7.80. The smallest absolute Gasteiger partial charge is 0.263 e. The maximum atomic E-state index is 11.9. The summed E-state index contributed by atoms with van der Waals surface area (Å²) in [5.74, 6) is -0.953. The fourth-order valence-electron chi connectivity index (χ4n) is 2.60. The van der Waals surface area contributed by atoms with Crippen molar-refractivity contribution in [2.24, 2.45) is 0 Å². The van der Waals surface area contributed by atoms with E-state index in [1.807, 2.05) is 19.1 Å². The second-order valence-electron chi connectivity index (χ2n) is 5.44. The Morgan fingerprint density at radius 1 is 1.17 bits per heavy atom. The van der Waals surface area contributed by atoms with Crippen molar-refractivity contribution in [2.75, 3.05) is 31.2 Å². The van der Waals surface area contributed by atoms with Crippen molar-refractivity contribution in [3.05, 3.63) is 34.9 Å². The van der Waals surface area contributed by atoms with Crippen LogP contribution in [0.15, 0.2) is 23.8 Å². The molecule has 0 atom stereocenters. The number of carbonyl (C=O) groups excluding carboxylic acids is 2. The predicted octanol–water partition coefficient (Wildman–Crippen LogP) is 0.746. The molecule has 2 fully saturated rings. The maximum Gasteiger partial charge on any atom is 0.263 e. The molecule has 2 aliphatic heterocycles. The Kier molecular flexibility index (Phi) is 4.40. The molecule has 0 aromatic heterocycles. The minimum Gasteiger partial charge on any atom is -0.378 e. The van der Waals surface area contributed by atoms with E-state index in [0.29, 0.717) is 0 Å². The van der Waals surface area contributed by atoms with Gasteiger partial charge in [0.15, 0.2) is 5.11 Å². The fourth-order valence-corrected chi connectivity index (χ4v) is 2.79. The zero-order valence-corrected chi connectivity index (χ0v) is 13.5. The van der Waals surface area contributed by atoms with Gasteiger partial charge in [-0.25, -0.2) is 0 Å². The van der Waals surface area contributed by atoms with Crippen LogP contribution in [0.4, 0.5) is 5.69 Å². The molecule has 1 aromatic rings. The number of amides is 2. The van der Waals surface area contributed by atoms with Crippen LogP contribution in [0.3, 0.4) is 0 Å². The van der Waals surface area contributed by atoms with Gasteiger partial charge < -0.3 is 9.64 Å². The zero-order valence-electron chi connectivity index (χ0n) is 12.7. The van der Waals surface area contributed by atoms with Crippen LogP contribution in [0.2, 0.25) is 0 Å². The first-order valence-corrected chi connectivity index (χ1v) is 7.77. The predicted molar refractivity (Wildman–Crippen MR) is 91.1 cm³/mol. The third kappa shape index (κ3) is 3.40. The second kappa shape index (κ2) is 6.47. The molecule has 2 heterocycles. The van der Waals surface area contributed by atoms with Crippen LogP contribution in [-0.4, -0.2) is 43.2 Å². The molecule has 120 valence electrons. The molecule has 7 heteroatoms. The van der Waals surface area contributed by atoms with Crippen LogP contribution in [0.1, 0.15) is 11.1 Å². The van der Waals surface area contributed by atoms with Gasteiger partial charge in [0.1, 0.15) is 5.57 Å². The first-order valence-electron chi connectivity index (χ1n) is 7.36. The maximum absolute atomic E-state index is 11.9. The molecule has 1 aromatic carbocycles. The van der Waals surface area contributed by atoms with Crippen molar-refractivity contribution in [1.29, 1.82) is 0 Å². The van der Waals surface area contributed by atoms with Gasteiger partial charge in [0.2, 0.25) is 0 Å². The molecule has 2 saturated heterocycles. The summed E-state index contributed by atoms with van der Waals surface area (Å²) in [4.78, 5) is 26.0. The van der Waals surface area contributed by atoms with Crippen LogP contribution in [-0.2, 0) is 14.3 Å². The molecule has 6 nitrogen and oxygen atoms in total. The van der Waals surface area contributed by atoms with Crippen molar-refractivity contribution in [3.63, 3.8) is 0 Å². The average Bonchev–Trinajstić information content (AvgIpc) is 2.53. The van der Waals surface area contributed by atoms with E-state index in [9.17, 15) is 9.59 Å². The summed E-state index contributed by atoms with van der Waals surface area (Å²) in [5, 5.41) is 4.90. The van der Waals surface area contributed by atoms with Gasteiger partial charge in [-0.1, -0.05) is 6.07 Å². The number of carbonyl (C=O) groups is 2. The lowest BCUT2D eigenvalue weighted by molar-refractivity contribution is -0.123. The van der Waals surface area contributed by atoms with Gasteiger partial charge >= 0.3 is 0 Å². The lowest BCUT2D eigenvalue weighted by atomic mass is 10.0. The van der Waals surface area contributed by atoms with Gasteiger partial charge in [-0.05, 0) is 48.5 Å². The van der Waals surface area contributed by atoms with E-state index in [1.165, 1.54) is 0 Å². The minimum absolute atomic E-state index is 0.0385. The number of nitrogens with zero attached hydrogens (tertiary/aromatic N) is 1. The highest BCUT2D eigenvalue weighted by atomic mass is 32.1. The molecule has 0 aliphatic carbocycles. The molecule has 2 N–H and O–H groups in total. The van der Waals surface area contributed by atoms with Crippen LogP contribution >= 0.6 is 12.2 Å². The number of ether oxygens (including phenoxy) is 1. The number of morpholine rings is 1. The highest BCUT2D eigenvalue weighted by Gasteiger charge is 2.25. The zero-order chi connectivity index (χ0) is 16.4. The number of hydrogen-bond acceptors (Lipinski definition) is 5. The number of aryl methyl sites for hydroxylation is 1. The highest BCUT2D eigenvalue weighted by Crippen LogP contribution is 2.22. The Bertz CT molecular complexity index is 687. The van der Waals surface area contributed by atoms with Gasteiger partial charge in [-0.15, -0.1) is 0 Å². The third-order valence-electron chi connectivity index (χ3n) is 3.87. The van der Waals surface area contributed by atoms with Crippen LogP contribution < -0.4 is 15.5 Å². The number of anilines is 1. The number of nitrogens with one attached hydrogen (secondary N) is 2. The fraction of sp³-hybridized carbons (Fsp3) is 0.312. The van der Waals surface area contributed by atoms with E-state index in [4.69, 9.17) is 17.0 Å².